The van der Waals surface area contributed by atoms with E-state index in [1.54, 1.807) is 24.5 Å². The number of sulfonamides is 1. The van der Waals surface area contributed by atoms with Crippen molar-refractivity contribution >= 4 is 27.0 Å². The van der Waals surface area contributed by atoms with Crippen LogP contribution in [-0.4, -0.2) is 45.4 Å². The quantitative estimate of drug-likeness (QED) is 0.834. The van der Waals surface area contributed by atoms with Crippen molar-refractivity contribution in [2.75, 3.05) is 31.6 Å². The molecule has 1 aromatic heterocycles. The minimum absolute atomic E-state index is 0.0973. The molecule has 3 heterocycles. The lowest BCUT2D eigenvalue weighted by molar-refractivity contribution is 0.322. The summed E-state index contributed by atoms with van der Waals surface area (Å²) in [6.07, 6.45) is 5.93. The second kappa shape index (κ2) is 7.13. The van der Waals surface area contributed by atoms with Crippen LogP contribution in [0.15, 0.2) is 34.5 Å². The molecule has 7 heteroatoms. The van der Waals surface area contributed by atoms with Crippen LogP contribution in [0.1, 0.15) is 41.3 Å². The first kappa shape index (κ1) is 18.6. The van der Waals surface area contributed by atoms with Crippen molar-refractivity contribution in [1.82, 2.24) is 9.62 Å². The Labute approximate surface area is 171 Å². The molecule has 28 heavy (non-hydrogen) atoms. The highest BCUT2D eigenvalue weighted by Crippen LogP contribution is 2.36. The van der Waals surface area contributed by atoms with Crippen molar-refractivity contribution in [3.63, 3.8) is 0 Å². The number of hydrogen-bond donors (Lipinski definition) is 1. The lowest BCUT2D eigenvalue weighted by Crippen LogP contribution is -2.48. The molecule has 1 N–H and O–H groups in total. The summed E-state index contributed by atoms with van der Waals surface area (Å²) in [5.41, 5.74) is 4.43. The Morgan fingerprint density at radius 3 is 2.71 bits per heavy atom. The van der Waals surface area contributed by atoms with Gasteiger partial charge in [-0.15, -0.1) is 11.3 Å². The monoisotopic (exact) mass is 417 g/mol. The summed E-state index contributed by atoms with van der Waals surface area (Å²) in [4.78, 5) is 3.96. The third-order valence-electron chi connectivity index (χ3n) is 6.48. The van der Waals surface area contributed by atoms with Gasteiger partial charge in [-0.25, -0.2) is 8.42 Å². The van der Waals surface area contributed by atoms with Crippen molar-refractivity contribution < 1.29 is 8.42 Å². The number of aryl methyl sites for hydroxylation is 2. The first-order valence-corrected chi connectivity index (χ1v) is 12.5. The molecule has 1 saturated heterocycles. The Balaban J connectivity index is 1.25. The number of thiophene rings is 1. The highest BCUT2D eigenvalue weighted by Gasteiger charge is 2.36. The fourth-order valence-corrected chi connectivity index (χ4v) is 7.56. The predicted octanol–water partition coefficient (Wildman–Crippen LogP) is 3.17. The van der Waals surface area contributed by atoms with Gasteiger partial charge in [-0.2, -0.15) is 4.31 Å². The Bertz CT molecular complexity index is 977. The maximum absolute atomic E-state index is 12.5. The largest absolute Gasteiger partial charge is 0.371 e. The zero-order valence-electron chi connectivity index (χ0n) is 16.2. The molecule has 150 valence electrons. The minimum atomic E-state index is -3.31. The van der Waals surface area contributed by atoms with Gasteiger partial charge in [0, 0.05) is 43.3 Å². The predicted molar refractivity (Wildman–Crippen MR) is 114 cm³/mol. The number of nitrogens with zero attached hydrogens (tertiary/aromatic N) is 2. The van der Waals surface area contributed by atoms with Gasteiger partial charge in [0.1, 0.15) is 0 Å². The van der Waals surface area contributed by atoms with E-state index in [2.05, 4.69) is 28.4 Å². The van der Waals surface area contributed by atoms with Gasteiger partial charge in [0.2, 0.25) is 10.0 Å². The molecule has 0 amide bonds. The summed E-state index contributed by atoms with van der Waals surface area (Å²) < 4.78 is 26.4. The van der Waals surface area contributed by atoms with Crippen LogP contribution in [0.4, 0.5) is 5.69 Å². The number of nitrogens with one attached hydrogen (secondary N) is 1. The van der Waals surface area contributed by atoms with Gasteiger partial charge in [-0.3, -0.25) is 0 Å². The average molecular weight is 418 g/mol. The Morgan fingerprint density at radius 2 is 1.89 bits per heavy atom. The van der Waals surface area contributed by atoms with E-state index in [0.29, 0.717) is 17.5 Å². The van der Waals surface area contributed by atoms with Gasteiger partial charge in [-0.05, 0) is 66.8 Å². The fourth-order valence-electron chi connectivity index (χ4n) is 4.85. The van der Waals surface area contributed by atoms with Gasteiger partial charge in [0.15, 0.2) is 0 Å². The molecule has 5 rings (SSSR count). The zero-order chi connectivity index (χ0) is 19.3. The third kappa shape index (κ3) is 3.18. The first-order valence-electron chi connectivity index (χ1n) is 10.2. The van der Waals surface area contributed by atoms with Crippen molar-refractivity contribution in [2.24, 2.45) is 0 Å². The van der Waals surface area contributed by atoms with Crippen molar-refractivity contribution in [3.05, 3.63) is 45.6 Å². The molecule has 2 aliphatic heterocycles. The van der Waals surface area contributed by atoms with Gasteiger partial charge in [0.05, 0.1) is 10.9 Å². The first-order chi connectivity index (χ1) is 13.5. The summed E-state index contributed by atoms with van der Waals surface area (Å²) in [6.45, 7) is 2.62. The number of likely N-dealkylation sites (N-methyl/N-ethyl adjacent to an activating group) is 1. The van der Waals surface area contributed by atoms with Crippen LogP contribution < -0.4 is 10.2 Å². The number of fused-ring (bicyclic) bond motifs is 2. The topological polar surface area (TPSA) is 52.6 Å². The molecular weight excluding hydrogens is 390 g/mol. The maximum Gasteiger partial charge on any atom is 0.244 e. The van der Waals surface area contributed by atoms with Crippen LogP contribution in [0.3, 0.4) is 0 Å². The number of rotatable bonds is 3. The molecule has 1 aromatic carbocycles. The summed E-state index contributed by atoms with van der Waals surface area (Å²) in [5, 5.41) is 5.65. The van der Waals surface area contributed by atoms with Crippen molar-refractivity contribution in [3.8, 4) is 0 Å². The highest BCUT2D eigenvalue weighted by molar-refractivity contribution is 7.89. The van der Waals surface area contributed by atoms with E-state index in [-0.39, 0.29) is 6.04 Å². The molecule has 0 radical (unpaired) electrons. The van der Waals surface area contributed by atoms with Crippen LogP contribution in [0, 0.1) is 0 Å². The van der Waals surface area contributed by atoms with Crippen LogP contribution in [0.2, 0.25) is 0 Å². The zero-order valence-corrected chi connectivity index (χ0v) is 17.9. The molecule has 1 fully saturated rings. The highest BCUT2D eigenvalue weighted by atomic mass is 32.2. The van der Waals surface area contributed by atoms with E-state index in [9.17, 15) is 8.42 Å². The Kier molecular flexibility index (Phi) is 4.74. The second-order valence-corrected chi connectivity index (χ2v) is 11.2. The lowest BCUT2D eigenvalue weighted by Gasteiger charge is -2.38. The molecule has 5 nitrogen and oxygen atoms in total. The molecule has 1 atom stereocenters. The third-order valence-corrected chi connectivity index (χ3v) is 9.52. The number of hydrogen-bond acceptors (Lipinski definition) is 5. The van der Waals surface area contributed by atoms with E-state index < -0.39 is 10.0 Å². The molecule has 1 aliphatic carbocycles. The van der Waals surface area contributed by atoms with Gasteiger partial charge >= 0.3 is 0 Å². The van der Waals surface area contributed by atoms with Gasteiger partial charge < -0.3 is 10.2 Å². The molecular formula is C21H27N3O2S2. The fraction of sp³-hybridized carbons (Fsp3) is 0.524. The lowest BCUT2D eigenvalue weighted by atomic mass is 10.0. The second-order valence-electron chi connectivity index (χ2n) is 8.22. The Hall–Kier alpha value is -1.41. The van der Waals surface area contributed by atoms with Crippen molar-refractivity contribution in [1.29, 1.82) is 0 Å². The van der Waals surface area contributed by atoms with E-state index in [1.165, 1.54) is 40.4 Å². The van der Waals surface area contributed by atoms with E-state index in [0.717, 1.165) is 30.8 Å². The number of benzene rings is 1. The molecule has 0 spiro atoms. The van der Waals surface area contributed by atoms with Crippen LogP contribution >= 0.6 is 11.3 Å². The smallest absolute Gasteiger partial charge is 0.244 e. The molecule has 2 aromatic rings. The summed E-state index contributed by atoms with van der Waals surface area (Å²) in [7, 11) is -1.62. The molecule has 0 saturated carbocycles. The molecule has 1 unspecified atom stereocenters. The van der Waals surface area contributed by atoms with E-state index in [4.69, 9.17) is 0 Å². The van der Waals surface area contributed by atoms with Crippen LogP contribution in [0.25, 0.3) is 0 Å². The summed E-state index contributed by atoms with van der Waals surface area (Å²) >= 11 is 1.56. The number of anilines is 1. The Morgan fingerprint density at radius 1 is 1.11 bits per heavy atom. The maximum atomic E-state index is 12.5. The van der Waals surface area contributed by atoms with Crippen LogP contribution in [0.5, 0.6) is 0 Å². The minimum Gasteiger partial charge on any atom is -0.371 e. The summed E-state index contributed by atoms with van der Waals surface area (Å²) in [5.74, 6) is 0. The van der Waals surface area contributed by atoms with Crippen molar-refractivity contribution in [2.45, 2.75) is 49.1 Å². The molecule has 3 aliphatic rings. The van der Waals surface area contributed by atoms with E-state index in [1.807, 2.05) is 5.38 Å². The van der Waals surface area contributed by atoms with Gasteiger partial charge in [0.25, 0.3) is 0 Å². The SMILES string of the molecule is CN1CC(NC2CCN(c3ccc4c(c3)CCC4)CC2)c2sccc2S1(=O)=O. The molecule has 0 bridgehead atoms. The van der Waals surface area contributed by atoms with Gasteiger partial charge in [-0.1, -0.05) is 6.07 Å². The number of piperidine rings is 1. The van der Waals surface area contributed by atoms with Crippen LogP contribution in [-0.2, 0) is 22.9 Å². The normalized spacial score (nSPS) is 24.9. The van der Waals surface area contributed by atoms with E-state index >= 15 is 0 Å². The average Bonchev–Trinajstić information content (AvgIpc) is 3.36. The summed E-state index contributed by atoms with van der Waals surface area (Å²) in [6, 6.07) is 9.28. The standard InChI is InChI=1S/C21H27N3O2S2/c1-23-14-19(21-20(9-12-27-21)28(23,25)26)22-17-7-10-24(11-8-17)18-6-5-15-3-2-4-16(15)13-18/h5-6,9,12-13,17,19,22H,2-4,7-8,10-11,14H2,1H3.